The number of aromatic hydroxyl groups is 1. The molecule has 3 aromatic rings. The summed E-state index contributed by atoms with van der Waals surface area (Å²) >= 11 is 3.40. The van der Waals surface area contributed by atoms with E-state index in [2.05, 4.69) is 27.8 Å². The molecule has 0 fully saturated rings. The third-order valence-electron chi connectivity index (χ3n) is 4.50. The van der Waals surface area contributed by atoms with Gasteiger partial charge in [-0.1, -0.05) is 41.4 Å². The van der Waals surface area contributed by atoms with E-state index < -0.39 is 0 Å². The summed E-state index contributed by atoms with van der Waals surface area (Å²) in [5.41, 5.74) is 2.34. The fourth-order valence-electron chi connectivity index (χ4n) is 3.01. The second-order valence-electron chi connectivity index (χ2n) is 6.52. The van der Waals surface area contributed by atoms with Gasteiger partial charge in [0.15, 0.2) is 0 Å². The van der Waals surface area contributed by atoms with Crippen LogP contribution in [0.5, 0.6) is 5.75 Å². The Morgan fingerprint density at radius 3 is 2.58 bits per heavy atom. The van der Waals surface area contributed by atoms with Crippen molar-refractivity contribution in [2.75, 3.05) is 13.6 Å². The second kappa shape index (κ2) is 8.06. The van der Waals surface area contributed by atoms with Crippen molar-refractivity contribution >= 4 is 26.9 Å². The summed E-state index contributed by atoms with van der Waals surface area (Å²) in [5, 5.41) is 10.8. The van der Waals surface area contributed by atoms with Gasteiger partial charge in [0.05, 0.1) is 16.5 Å². The second-order valence-corrected chi connectivity index (χ2v) is 7.43. The van der Waals surface area contributed by atoms with E-state index in [9.17, 15) is 9.90 Å². The van der Waals surface area contributed by atoms with Crippen LogP contribution in [0.4, 0.5) is 0 Å². The zero-order chi connectivity index (χ0) is 18.7. The summed E-state index contributed by atoms with van der Waals surface area (Å²) in [5.74, 6) is 0.153. The van der Waals surface area contributed by atoms with Crippen LogP contribution >= 0.6 is 15.9 Å². The molecular formula is C21H22BrNO3. The molecule has 0 aliphatic carbocycles. The Labute approximate surface area is 161 Å². The number of unbranched alkanes of at least 4 members (excludes halogenated alkanes) is 1. The highest BCUT2D eigenvalue weighted by Gasteiger charge is 2.16. The molecule has 26 heavy (non-hydrogen) atoms. The van der Waals surface area contributed by atoms with Crippen LogP contribution in [0.1, 0.15) is 25.3 Å². The smallest absolute Gasteiger partial charge is 0.200 e. The molecule has 0 spiro atoms. The molecule has 0 unspecified atom stereocenters. The summed E-state index contributed by atoms with van der Waals surface area (Å²) in [6.45, 7) is 3.60. The molecule has 0 saturated carbocycles. The summed E-state index contributed by atoms with van der Waals surface area (Å²) < 4.78 is 6.78. The topological polar surface area (TPSA) is 53.7 Å². The van der Waals surface area contributed by atoms with E-state index >= 15 is 0 Å². The Morgan fingerprint density at radius 1 is 1.15 bits per heavy atom. The lowest BCUT2D eigenvalue weighted by atomic mass is 10.0. The molecule has 0 aliphatic rings. The molecule has 1 aromatic heterocycles. The van der Waals surface area contributed by atoms with E-state index in [-0.39, 0.29) is 11.2 Å². The van der Waals surface area contributed by atoms with Gasteiger partial charge in [-0.15, -0.1) is 0 Å². The van der Waals surface area contributed by atoms with Crippen molar-refractivity contribution in [2.45, 2.75) is 26.3 Å². The maximum absolute atomic E-state index is 13.0. The molecule has 4 nitrogen and oxygen atoms in total. The third-order valence-corrected chi connectivity index (χ3v) is 5.02. The van der Waals surface area contributed by atoms with E-state index in [1.807, 2.05) is 31.3 Å². The SMILES string of the molecule is CCCCN(C)Cc1c(O)ccc2c(=O)c(-c3ccc(Br)cc3)coc12. The van der Waals surface area contributed by atoms with Gasteiger partial charge in [-0.25, -0.2) is 0 Å². The monoisotopic (exact) mass is 415 g/mol. The number of phenols is 1. The van der Waals surface area contributed by atoms with Crippen LogP contribution < -0.4 is 5.43 Å². The molecule has 0 atom stereocenters. The Morgan fingerprint density at radius 2 is 1.88 bits per heavy atom. The van der Waals surface area contributed by atoms with Crippen molar-refractivity contribution in [1.82, 2.24) is 4.90 Å². The minimum Gasteiger partial charge on any atom is -0.507 e. The van der Waals surface area contributed by atoms with E-state index in [4.69, 9.17) is 4.42 Å². The average molecular weight is 416 g/mol. The quantitative estimate of drug-likeness (QED) is 0.603. The predicted molar refractivity (Wildman–Crippen MR) is 109 cm³/mol. The van der Waals surface area contributed by atoms with Crippen LogP contribution in [0, 0.1) is 0 Å². The Bertz CT molecular complexity index is 963. The van der Waals surface area contributed by atoms with Gasteiger partial charge in [-0.05, 0) is 49.8 Å². The van der Waals surface area contributed by atoms with Gasteiger partial charge in [0, 0.05) is 11.0 Å². The van der Waals surface area contributed by atoms with Crippen LogP contribution in [-0.2, 0) is 6.54 Å². The highest BCUT2D eigenvalue weighted by Crippen LogP contribution is 2.29. The number of halogens is 1. The van der Waals surface area contributed by atoms with Crippen LogP contribution in [-0.4, -0.2) is 23.6 Å². The van der Waals surface area contributed by atoms with Crippen molar-refractivity contribution in [3.05, 3.63) is 62.9 Å². The van der Waals surface area contributed by atoms with E-state index in [1.165, 1.54) is 6.26 Å². The van der Waals surface area contributed by atoms with Gasteiger partial charge in [0.25, 0.3) is 0 Å². The maximum atomic E-state index is 13.0. The van der Waals surface area contributed by atoms with Gasteiger partial charge < -0.3 is 14.4 Å². The molecule has 0 amide bonds. The summed E-state index contributed by atoms with van der Waals surface area (Å²) in [6.07, 6.45) is 3.68. The molecule has 1 heterocycles. The highest BCUT2D eigenvalue weighted by molar-refractivity contribution is 9.10. The molecular weight excluding hydrogens is 394 g/mol. The summed E-state index contributed by atoms with van der Waals surface area (Å²) in [6, 6.07) is 10.7. The van der Waals surface area contributed by atoms with Crippen molar-refractivity contribution < 1.29 is 9.52 Å². The molecule has 3 rings (SSSR count). The fraction of sp³-hybridized carbons (Fsp3) is 0.286. The van der Waals surface area contributed by atoms with Gasteiger partial charge >= 0.3 is 0 Å². The normalized spacial score (nSPS) is 11.4. The number of phenolic OH excluding ortho intramolecular Hbond substituents is 1. The number of nitrogens with zero attached hydrogens (tertiary/aromatic N) is 1. The first kappa shape index (κ1) is 18.7. The number of benzene rings is 2. The lowest BCUT2D eigenvalue weighted by Crippen LogP contribution is -2.19. The van der Waals surface area contributed by atoms with E-state index in [1.54, 1.807) is 12.1 Å². The van der Waals surface area contributed by atoms with Crippen molar-refractivity contribution in [1.29, 1.82) is 0 Å². The summed E-state index contributed by atoms with van der Waals surface area (Å²) in [7, 11) is 2.00. The first-order chi connectivity index (χ1) is 12.5. The predicted octanol–water partition coefficient (Wildman–Crippen LogP) is 5.16. The zero-order valence-electron chi connectivity index (χ0n) is 15.0. The van der Waals surface area contributed by atoms with Crippen molar-refractivity contribution in [3.8, 4) is 16.9 Å². The molecule has 0 bridgehead atoms. The van der Waals surface area contributed by atoms with Gasteiger partial charge in [0.2, 0.25) is 5.43 Å². The number of fused-ring (bicyclic) bond motifs is 1. The van der Waals surface area contributed by atoms with Gasteiger partial charge in [-0.2, -0.15) is 0 Å². The Hall–Kier alpha value is -2.11. The van der Waals surface area contributed by atoms with Gasteiger partial charge in [-0.3, -0.25) is 4.79 Å². The van der Waals surface area contributed by atoms with Gasteiger partial charge in [0.1, 0.15) is 17.6 Å². The van der Waals surface area contributed by atoms with E-state index in [0.29, 0.717) is 28.6 Å². The first-order valence-electron chi connectivity index (χ1n) is 8.72. The molecule has 5 heteroatoms. The fourth-order valence-corrected chi connectivity index (χ4v) is 3.27. The lowest BCUT2D eigenvalue weighted by molar-refractivity contribution is 0.314. The maximum Gasteiger partial charge on any atom is 0.200 e. The standard InChI is InChI=1S/C21H22BrNO3/c1-3-4-11-23(2)12-17-19(24)10-9-16-20(25)18(13-26-21(16)17)14-5-7-15(22)8-6-14/h5-10,13,24H,3-4,11-12H2,1-2H3. The number of hydrogen-bond donors (Lipinski definition) is 1. The van der Waals surface area contributed by atoms with Crippen molar-refractivity contribution in [3.63, 3.8) is 0 Å². The molecule has 2 aromatic carbocycles. The number of hydrogen-bond acceptors (Lipinski definition) is 4. The Balaban J connectivity index is 2.06. The average Bonchev–Trinajstić information content (AvgIpc) is 2.63. The zero-order valence-corrected chi connectivity index (χ0v) is 16.5. The molecule has 0 aliphatic heterocycles. The first-order valence-corrected chi connectivity index (χ1v) is 9.51. The highest BCUT2D eigenvalue weighted by atomic mass is 79.9. The largest absolute Gasteiger partial charge is 0.507 e. The minimum absolute atomic E-state index is 0.0916. The molecule has 0 saturated heterocycles. The molecule has 0 radical (unpaired) electrons. The van der Waals surface area contributed by atoms with Crippen LogP contribution in [0.15, 0.2) is 56.3 Å². The van der Waals surface area contributed by atoms with Crippen LogP contribution in [0.25, 0.3) is 22.1 Å². The molecule has 1 N–H and O–H groups in total. The third kappa shape index (κ3) is 3.84. The number of rotatable bonds is 6. The van der Waals surface area contributed by atoms with Crippen molar-refractivity contribution in [2.24, 2.45) is 0 Å². The van der Waals surface area contributed by atoms with Crippen LogP contribution in [0.2, 0.25) is 0 Å². The van der Waals surface area contributed by atoms with Crippen LogP contribution in [0.3, 0.4) is 0 Å². The Kier molecular flexibility index (Phi) is 5.79. The summed E-state index contributed by atoms with van der Waals surface area (Å²) in [4.78, 5) is 15.1. The lowest BCUT2D eigenvalue weighted by Gasteiger charge is -2.18. The molecule has 136 valence electrons. The van der Waals surface area contributed by atoms with E-state index in [0.717, 1.165) is 29.4 Å². The minimum atomic E-state index is -0.0916.